The number of fused-ring (bicyclic) bond motifs is 3. The SMILES string of the molecule is CCCC(=O)c1cn(CC(=O)N2CCNC(=O)[C@H](C(C)C)NC(=O)[C@H](C)NC(=O)[C@H]([C@@H](C)O)NC(=O)c3cc(on3)C2)c2ccccc12. The molecule has 3 aromatic rings. The van der Waals surface area contributed by atoms with Crippen molar-refractivity contribution >= 4 is 46.2 Å². The van der Waals surface area contributed by atoms with Crippen LogP contribution in [-0.2, 0) is 32.3 Å². The van der Waals surface area contributed by atoms with Crippen LogP contribution in [0.4, 0.5) is 0 Å². The van der Waals surface area contributed by atoms with Crippen molar-refractivity contribution in [3.05, 3.63) is 53.5 Å². The van der Waals surface area contributed by atoms with Crippen LogP contribution in [-0.4, -0.2) is 92.4 Å². The Hall–Kier alpha value is -5.05. The predicted molar refractivity (Wildman–Crippen MR) is 173 cm³/mol. The summed E-state index contributed by atoms with van der Waals surface area (Å²) in [6, 6.07) is 5.10. The number of carbonyl (C=O) groups excluding carboxylic acids is 6. The number of aromatic nitrogens is 2. The third-order valence-electron chi connectivity index (χ3n) is 8.09. The number of Topliss-reactive ketones (excluding diaryl/α,β-unsaturated/α-hetero) is 1. The molecule has 2 aromatic heterocycles. The number of ketones is 1. The molecule has 5 N–H and O–H groups in total. The molecular formula is C33H43N7O8. The third-order valence-corrected chi connectivity index (χ3v) is 8.09. The Morgan fingerprint density at radius 3 is 2.44 bits per heavy atom. The molecule has 0 unspecified atom stereocenters. The predicted octanol–water partition coefficient (Wildman–Crippen LogP) is 0.895. The van der Waals surface area contributed by atoms with Crippen molar-refractivity contribution in [2.45, 2.75) is 84.8 Å². The fraction of sp³-hybridized carbons (Fsp3) is 0.485. The van der Waals surface area contributed by atoms with Gasteiger partial charge in [0.1, 0.15) is 24.7 Å². The number of benzene rings is 1. The van der Waals surface area contributed by atoms with E-state index in [1.165, 1.54) is 24.8 Å². The van der Waals surface area contributed by atoms with Gasteiger partial charge >= 0.3 is 0 Å². The molecule has 0 radical (unpaired) electrons. The first-order chi connectivity index (χ1) is 22.8. The third kappa shape index (κ3) is 8.45. The van der Waals surface area contributed by atoms with E-state index >= 15 is 0 Å². The van der Waals surface area contributed by atoms with Gasteiger partial charge in [-0.15, -0.1) is 0 Å². The normalized spacial score (nSPS) is 20.7. The molecule has 2 bridgehead atoms. The lowest BCUT2D eigenvalue weighted by Gasteiger charge is -2.26. The summed E-state index contributed by atoms with van der Waals surface area (Å²) >= 11 is 0. The van der Waals surface area contributed by atoms with E-state index < -0.39 is 47.9 Å². The van der Waals surface area contributed by atoms with Gasteiger partial charge in [-0.3, -0.25) is 28.8 Å². The number of nitrogens with one attached hydrogen (secondary N) is 4. The molecule has 0 saturated carbocycles. The lowest BCUT2D eigenvalue weighted by atomic mass is 10.0. The zero-order valence-electron chi connectivity index (χ0n) is 27.7. The number of aliphatic hydroxyl groups excluding tert-OH is 1. The van der Waals surface area contributed by atoms with Gasteiger partial charge in [0.2, 0.25) is 23.6 Å². The molecule has 0 aliphatic carbocycles. The fourth-order valence-corrected chi connectivity index (χ4v) is 5.41. The number of hydrogen-bond donors (Lipinski definition) is 5. The molecule has 48 heavy (non-hydrogen) atoms. The number of para-hydroxylation sites is 1. The van der Waals surface area contributed by atoms with E-state index in [1.807, 2.05) is 31.2 Å². The number of carbonyl (C=O) groups is 6. The zero-order valence-corrected chi connectivity index (χ0v) is 27.7. The highest BCUT2D eigenvalue weighted by Gasteiger charge is 2.32. The van der Waals surface area contributed by atoms with Crippen molar-refractivity contribution < 1.29 is 38.4 Å². The lowest BCUT2D eigenvalue weighted by Crippen LogP contribution is -2.58. The second kappa shape index (κ2) is 15.7. The van der Waals surface area contributed by atoms with Crippen molar-refractivity contribution in [2.75, 3.05) is 13.1 Å². The molecule has 0 fully saturated rings. The number of rotatable bonds is 7. The first kappa shape index (κ1) is 35.8. The molecule has 4 rings (SSSR count). The highest BCUT2D eigenvalue weighted by atomic mass is 16.5. The van der Waals surface area contributed by atoms with E-state index in [4.69, 9.17) is 4.52 Å². The van der Waals surface area contributed by atoms with Gasteiger partial charge in [0.25, 0.3) is 5.91 Å². The maximum absolute atomic E-state index is 13.8. The van der Waals surface area contributed by atoms with Gasteiger partial charge < -0.3 is 40.4 Å². The summed E-state index contributed by atoms with van der Waals surface area (Å²) in [5.74, 6) is -3.37. The van der Waals surface area contributed by atoms with Gasteiger partial charge in [-0.1, -0.05) is 44.1 Å². The molecule has 258 valence electrons. The summed E-state index contributed by atoms with van der Waals surface area (Å²) in [7, 11) is 0. The van der Waals surface area contributed by atoms with Crippen molar-refractivity contribution in [1.82, 2.24) is 35.9 Å². The minimum atomic E-state index is -1.44. The van der Waals surface area contributed by atoms with Crippen LogP contribution in [0.2, 0.25) is 0 Å². The van der Waals surface area contributed by atoms with Crippen molar-refractivity contribution in [3.8, 4) is 0 Å². The Kier molecular flexibility index (Phi) is 11.7. The van der Waals surface area contributed by atoms with E-state index in [9.17, 15) is 33.9 Å². The summed E-state index contributed by atoms with van der Waals surface area (Å²) < 4.78 is 7.08. The van der Waals surface area contributed by atoms with Crippen molar-refractivity contribution in [2.24, 2.45) is 5.92 Å². The number of aliphatic hydroxyl groups is 1. The van der Waals surface area contributed by atoms with Crippen LogP contribution in [0.15, 0.2) is 41.1 Å². The van der Waals surface area contributed by atoms with Crippen molar-refractivity contribution in [3.63, 3.8) is 0 Å². The molecule has 3 heterocycles. The van der Waals surface area contributed by atoms with Gasteiger partial charge in [-0.2, -0.15) is 0 Å². The summed E-state index contributed by atoms with van der Waals surface area (Å²) in [5, 5.41) is 25.1. The Morgan fingerprint density at radius 1 is 1.02 bits per heavy atom. The van der Waals surface area contributed by atoms with Crippen LogP contribution < -0.4 is 21.3 Å². The largest absolute Gasteiger partial charge is 0.391 e. The van der Waals surface area contributed by atoms with Crippen LogP contribution in [0.5, 0.6) is 0 Å². The van der Waals surface area contributed by atoms with Gasteiger partial charge in [-0.25, -0.2) is 0 Å². The summed E-state index contributed by atoms with van der Waals surface area (Å²) in [6.07, 6.45) is 1.38. The second-order valence-corrected chi connectivity index (χ2v) is 12.3. The molecule has 1 aliphatic rings. The second-order valence-electron chi connectivity index (χ2n) is 12.3. The van der Waals surface area contributed by atoms with Crippen LogP contribution in [0, 0.1) is 5.92 Å². The molecule has 0 saturated heterocycles. The van der Waals surface area contributed by atoms with Crippen molar-refractivity contribution in [1.29, 1.82) is 0 Å². The summed E-state index contributed by atoms with van der Waals surface area (Å²) in [6.45, 7) is 7.91. The number of nitrogens with zero attached hydrogens (tertiary/aromatic N) is 3. The van der Waals surface area contributed by atoms with Gasteiger partial charge in [-0.05, 0) is 32.3 Å². The van der Waals surface area contributed by atoms with E-state index in [-0.39, 0.29) is 55.2 Å². The first-order valence-electron chi connectivity index (χ1n) is 16.0. The van der Waals surface area contributed by atoms with E-state index in [1.54, 1.807) is 24.6 Å². The van der Waals surface area contributed by atoms with Gasteiger partial charge in [0.15, 0.2) is 17.2 Å². The molecule has 1 aromatic carbocycles. The van der Waals surface area contributed by atoms with Gasteiger partial charge in [0.05, 0.1) is 12.6 Å². The Morgan fingerprint density at radius 2 is 1.75 bits per heavy atom. The quantitative estimate of drug-likeness (QED) is 0.227. The minimum absolute atomic E-state index is 0.0141. The average molecular weight is 666 g/mol. The van der Waals surface area contributed by atoms with Gasteiger partial charge in [0, 0.05) is 48.2 Å². The molecule has 15 nitrogen and oxygen atoms in total. The van der Waals surface area contributed by atoms with E-state index in [0.717, 1.165) is 5.39 Å². The maximum Gasteiger partial charge on any atom is 0.274 e. The number of amides is 5. The standard InChI is InChI=1S/C33H43N7O8/c1-6-9-26(42)23-16-40(25-11-8-7-10-22(23)25)17-27(43)39-13-12-34-32(46)28(18(2)3)36-30(44)19(4)35-33(47)29(20(5)41)37-31(45)24-14-21(15-39)48-38-24/h7-8,10-11,14,16,18-20,28-29,41H,6,9,12-13,15,17H2,1-5H3,(H,34,46)(H,35,47)(H,36,44)(H,37,45)/t19-,20+,28-,29-/m0/s1. The summed E-state index contributed by atoms with van der Waals surface area (Å²) in [4.78, 5) is 80.3. The van der Waals surface area contributed by atoms with Crippen LogP contribution in [0.3, 0.4) is 0 Å². The highest BCUT2D eigenvalue weighted by molar-refractivity contribution is 6.08. The topological polar surface area (TPSA) is 205 Å². The monoisotopic (exact) mass is 665 g/mol. The minimum Gasteiger partial charge on any atom is -0.391 e. The Labute approximate surface area is 277 Å². The summed E-state index contributed by atoms with van der Waals surface area (Å²) in [5.41, 5.74) is 1.03. The van der Waals surface area contributed by atoms with Crippen LogP contribution in [0.25, 0.3) is 10.9 Å². The molecule has 0 spiro atoms. The Balaban J connectivity index is 1.65. The molecular weight excluding hydrogens is 622 g/mol. The fourth-order valence-electron chi connectivity index (χ4n) is 5.41. The average Bonchev–Trinajstić information content (AvgIpc) is 3.66. The molecule has 1 aliphatic heterocycles. The molecule has 5 amide bonds. The maximum atomic E-state index is 13.8. The van der Waals surface area contributed by atoms with E-state index in [0.29, 0.717) is 23.9 Å². The smallest absolute Gasteiger partial charge is 0.274 e. The van der Waals surface area contributed by atoms with Crippen LogP contribution in [0.1, 0.15) is 74.1 Å². The number of hydrogen-bond acceptors (Lipinski definition) is 9. The van der Waals surface area contributed by atoms with Crippen LogP contribution >= 0.6 is 0 Å². The lowest BCUT2D eigenvalue weighted by molar-refractivity contribution is -0.134. The first-order valence-corrected chi connectivity index (χ1v) is 16.0. The highest BCUT2D eigenvalue weighted by Crippen LogP contribution is 2.23. The molecule has 15 heteroatoms. The van der Waals surface area contributed by atoms with E-state index in [2.05, 4.69) is 26.4 Å². The Bertz CT molecular complexity index is 1680. The zero-order chi connectivity index (χ0) is 35.1. The molecule has 4 atom stereocenters.